The second-order valence-electron chi connectivity index (χ2n) is 4.84. The highest BCUT2D eigenvalue weighted by Crippen LogP contribution is 2.27. The molecular formula is C14H18ClN3. The van der Waals surface area contributed by atoms with Crippen LogP contribution in [0.15, 0.2) is 18.2 Å². The fourth-order valence-electron chi connectivity index (χ4n) is 2.51. The van der Waals surface area contributed by atoms with Crippen molar-refractivity contribution in [2.75, 3.05) is 18.0 Å². The summed E-state index contributed by atoms with van der Waals surface area (Å²) in [6.07, 6.45) is 2.11. The number of rotatable bonds is 2. The maximum Gasteiger partial charge on any atom is 0.101 e. The molecule has 96 valence electrons. The van der Waals surface area contributed by atoms with Gasteiger partial charge in [0.1, 0.15) is 6.07 Å². The Labute approximate surface area is 113 Å². The van der Waals surface area contributed by atoms with Gasteiger partial charge in [-0.1, -0.05) is 24.9 Å². The van der Waals surface area contributed by atoms with Crippen molar-refractivity contribution in [3.63, 3.8) is 0 Å². The maximum absolute atomic E-state index is 8.87. The van der Waals surface area contributed by atoms with E-state index in [0.29, 0.717) is 22.5 Å². The molecule has 1 aromatic rings. The van der Waals surface area contributed by atoms with Crippen molar-refractivity contribution >= 4 is 17.3 Å². The van der Waals surface area contributed by atoms with E-state index in [1.54, 1.807) is 6.07 Å². The first kappa shape index (κ1) is 13.2. The molecule has 4 heteroatoms. The molecule has 0 amide bonds. The van der Waals surface area contributed by atoms with E-state index in [-0.39, 0.29) is 0 Å². The van der Waals surface area contributed by atoms with Gasteiger partial charge in [-0.05, 0) is 30.5 Å². The zero-order valence-electron chi connectivity index (χ0n) is 10.6. The van der Waals surface area contributed by atoms with Crippen molar-refractivity contribution in [1.82, 2.24) is 0 Å². The summed E-state index contributed by atoms with van der Waals surface area (Å²) in [5, 5.41) is 9.40. The van der Waals surface area contributed by atoms with Crippen LogP contribution in [-0.4, -0.2) is 19.1 Å². The van der Waals surface area contributed by atoms with Gasteiger partial charge in [-0.2, -0.15) is 5.26 Å². The van der Waals surface area contributed by atoms with Gasteiger partial charge in [0.25, 0.3) is 0 Å². The lowest BCUT2D eigenvalue weighted by molar-refractivity contribution is 0.348. The molecule has 3 nitrogen and oxygen atoms in total. The van der Waals surface area contributed by atoms with E-state index in [4.69, 9.17) is 22.6 Å². The van der Waals surface area contributed by atoms with Gasteiger partial charge in [0.2, 0.25) is 0 Å². The normalized spacial score (nSPS) is 23.8. The second-order valence-corrected chi connectivity index (χ2v) is 5.25. The average molecular weight is 264 g/mol. The number of nitrogens with zero attached hydrogens (tertiary/aromatic N) is 2. The summed E-state index contributed by atoms with van der Waals surface area (Å²) in [7, 11) is 0. The molecular weight excluding hydrogens is 246 g/mol. The molecule has 0 radical (unpaired) electrons. The van der Waals surface area contributed by atoms with E-state index >= 15 is 0 Å². The summed E-state index contributed by atoms with van der Waals surface area (Å²) in [5.41, 5.74) is 7.73. The molecule has 1 aromatic carbocycles. The fraction of sp³-hybridized carbons (Fsp3) is 0.500. The molecule has 1 aliphatic heterocycles. The smallest absolute Gasteiger partial charge is 0.101 e. The predicted molar refractivity (Wildman–Crippen MR) is 74.8 cm³/mol. The first-order valence-electron chi connectivity index (χ1n) is 6.36. The first-order valence-corrected chi connectivity index (χ1v) is 6.73. The highest BCUT2D eigenvalue weighted by Gasteiger charge is 2.25. The molecule has 0 spiro atoms. The molecule has 2 rings (SSSR count). The number of anilines is 1. The Balaban J connectivity index is 2.17. The summed E-state index contributed by atoms with van der Waals surface area (Å²) in [5.74, 6) is 0.535. The van der Waals surface area contributed by atoms with Crippen LogP contribution in [0.2, 0.25) is 5.02 Å². The monoisotopic (exact) mass is 263 g/mol. The largest absolute Gasteiger partial charge is 0.371 e. The quantitative estimate of drug-likeness (QED) is 0.893. The fourth-order valence-corrected chi connectivity index (χ4v) is 2.73. The van der Waals surface area contributed by atoms with Crippen LogP contribution in [0.1, 0.15) is 25.3 Å². The minimum Gasteiger partial charge on any atom is -0.371 e. The Morgan fingerprint density at radius 1 is 1.56 bits per heavy atom. The molecule has 0 bridgehead atoms. The Bertz CT molecular complexity index is 467. The third-order valence-corrected chi connectivity index (χ3v) is 4.07. The van der Waals surface area contributed by atoms with E-state index in [1.807, 2.05) is 12.1 Å². The number of benzene rings is 1. The summed E-state index contributed by atoms with van der Waals surface area (Å²) in [4.78, 5) is 2.31. The van der Waals surface area contributed by atoms with E-state index in [2.05, 4.69) is 17.9 Å². The number of hydrogen-bond acceptors (Lipinski definition) is 3. The summed E-state index contributed by atoms with van der Waals surface area (Å²) in [6.45, 7) is 4.11. The van der Waals surface area contributed by atoms with Crippen LogP contribution < -0.4 is 10.6 Å². The van der Waals surface area contributed by atoms with Gasteiger partial charge < -0.3 is 10.6 Å². The highest BCUT2D eigenvalue weighted by atomic mass is 35.5. The molecule has 1 saturated heterocycles. The standard InChI is InChI=1S/C14H18ClN3/c1-2-10-9-18(6-5-14(10)17)12-4-3-11(8-16)13(15)7-12/h3-4,7,10,14H,2,5-6,9,17H2,1H3. The summed E-state index contributed by atoms with van der Waals surface area (Å²) < 4.78 is 0. The molecule has 0 aliphatic carbocycles. The van der Waals surface area contributed by atoms with Crippen LogP contribution in [0.5, 0.6) is 0 Å². The Morgan fingerprint density at radius 2 is 2.33 bits per heavy atom. The van der Waals surface area contributed by atoms with E-state index in [1.165, 1.54) is 0 Å². The van der Waals surface area contributed by atoms with Crippen LogP contribution >= 0.6 is 11.6 Å². The van der Waals surface area contributed by atoms with Crippen LogP contribution in [0.3, 0.4) is 0 Å². The lowest BCUT2D eigenvalue weighted by atomic mass is 9.90. The molecule has 2 N–H and O–H groups in total. The zero-order valence-corrected chi connectivity index (χ0v) is 11.3. The average Bonchev–Trinajstić information content (AvgIpc) is 2.39. The van der Waals surface area contributed by atoms with Gasteiger partial charge in [0.05, 0.1) is 10.6 Å². The van der Waals surface area contributed by atoms with Crippen molar-refractivity contribution in [2.24, 2.45) is 11.7 Å². The summed E-state index contributed by atoms with van der Waals surface area (Å²) in [6, 6.07) is 8.02. The van der Waals surface area contributed by atoms with Gasteiger partial charge in [0.15, 0.2) is 0 Å². The van der Waals surface area contributed by atoms with Crippen molar-refractivity contribution in [2.45, 2.75) is 25.8 Å². The van der Waals surface area contributed by atoms with Gasteiger partial charge >= 0.3 is 0 Å². The Morgan fingerprint density at radius 3 is 2.94 bits per heavy atom. The van der Waals surface area contributed by atoms with Crippen molar-refractivity contribution in [3.8, 4) is 6.07 Å². The number of piperidine rings is 1. The van der Waals surface area contributed by atoms with Crippen LogP contribution in [-0.2, 0) is 0 Å². The van der Waals surface area contributed by atoms with Gasteiger partial charge in [0, 0.05) is 24.8 Å². The molecule has 1 heterocycles. The topological polar surface area (TPSA) is 53.0 Å². The maximum atomic E-state index is 8.87. The number of hydrogen-bond donors (Lipinski definition) is 1. The third kappa shape index (κ3) is 2.60. The Kier molecular flexibility index (Phi) is 4.11. The molecule has 0 saturated carbocycles. The SMILES string of the molecule is CCC1CN(c2ccc(C#N)c(Cl)c2)CCC1N. The van der Waals surface area contributed by atoms with Crippen molar-refractivity contribution in [3.05, 3.63) is 28.8 Å². The molecule has 18 heavy (non-hydrogen) atoms. The van der Waals surface area contributed by atoms with E-state index in [9.17, 15) is 0 Å². The number of nitriles is 1. The van der Waals surface area contributed by atoms with E-state index < -0.39 is 0 Å². The van der Waals surface area contributed by atoms with Crippen LogP contribution in [0.4, 0.5) is 5.69 Å². The molecule has 1 fully saturated rings. The van der Waals surface area contributed by atoms with Crippen LogP contribution in [0.25, 0.3) is 0 Å². The van der Waals surface area contributed by atoms with Crippen LogP contribution in [0, 0.1) is 17.2 Å². The molecule has 2 atom stereocenters. The van der Waals surface area contributed by atoms with E-state index in [0.717, 1.165) is 31.6 Å². The van der Waals surface area contributed by atoms with Crippen molar-refractivity contribution in [1.29, 1.82) is 5.26 Å². The first-order chi connectivity index (χ1) is 8.65. The molecule has 2 unspecified atom stereocenters. The molecule has 0 aromatic heterocycles. The summed E-state index contributed by atoms with van der Waals surface area (Å²) >= 11 is 6.07. The minimum atomic E-state index is 0.306. The number of halogens is 1. The highest BCUT2D eigenvalue weighted by molar-refractivity contribution is 6.32. The number of nitrogens with two attached hydrogens (primary N) is 1. The van der Waals surface area contributed by atoms with Gasteiger partial charge in [-0.25, -0.2) is 0 Å². The third-order valence-electron chi connectivity index (χ3n) is 3.76. The molecule has 1 aliphatic rings. The lowest BCUT2D eigenvalue weighted by Gasteiger charge is -2.38. The van der Waals surface area contributed by atoms with Gasteiger partial charge in [-0.3, -0.25) is 0 Å². The predicted octanol–water partition coefficient (Wildman–Crippen LogP) is 2.78. The second kappa shape index (κ2) is 5.60. The minimum absolute atomic E-state index is 0.306. The van der Waals surface area contributed by atoms with Crippen molar-refractivity contribution < 1.29 is 0 Å². The van der Waals surface area contributed by atoms with Gasteiger partial charge in [-0.15, -0.1) is 0 Å². The zero-order chi connectivity index (χ0) is 13.1. The lowest BCUT2D eigenvalue weighted by Crippen LogP contribution is -2.46. The Hall–Kier alpha value is -1.24.